The summed E-state index contributed by atoms with van der Waals surface area (Å²) in [5, 5.41) is 2.56. The summed E-state index contributed by atoms with van der Waals surface area (Å²) in [5.74, 6) is 0. The number of nitrogens with zero attached hydrogens (tertiary/aromatic N) is 2. The fraction of sp³-hybridized carbons (Fsp3) is 0.0400. The number of pyridine rings is 2. The van der Waals surface area contributed by atoms with Gasteiger partial charge >= 0.3 is 0 Å². The summed E-state index contributed by atoms with van der Waals surface area (Å²) in [6.45, 7) is 0. The van der Waals surface area contributed by atoms with Crippen LogP contribution < -0.4 is 0 Å². The average molecular weight is 379 g/mol. The van der Waals surface area contributed by atoms with Crippen LogP contribution in [0.2, 0.25) is 0 Å². The third-order valence-electron chi connectivity index (χ3n) is 4.89. The maximum absolute atomic E-state index is 4.33. The third-order valence-corrected chi connectivity index (χ3v) is 6.16. The van der Waals surface area contributed by atoms with Crippen LogP contribution >= 0.6 is 11.3 Å². The van der Waals surface area contributed by atoms with Crippen LogP contribution in [-0.4, -0.2) is 9.97 Å². The van der Waals surface area contributed by atoms with E-state index < -0.39 is 0 Å². The topological polar surface area (TPSA) is 25.8 Å². The lowest BCUT2D eigenvalue weighted by Gasteiger charge is -2.06. The van der Waals surface area contributed by atoms with Gasteiger partial charge in [-0.25, -0.2) is 0 Å². The molecule has 134 valence electrons. The van der Waals surface area contributed by atoms with Crippen molar-refractivity contribution in [1.29, 1.82) is 0 Å². The Kier molecular flexibility index (Phi) is 4.43. The molecular weight excluding hydrogens is 360 g/mol. The molecular formula is C25H18N2S. The normalized spacial score (nSPS) is 11.0. The van der Waals surface area contributed by atoms with Crippen molar-refractivity contribution in [1.82, 2.24) is 9.97 Å². The number of hydrogen-bond acceptors (Lipinski definition) is 3. The number of hydrogen-bond donors (Lipinski definition) is 0. The molecule has 0 aliphatic heterocycles. The number of rotatable bonds is 4. The lowest BCUT2D eigenvalue weighted by Crippen LogP contribution is -1.89. The summed E-state index contributed by atoms with van der Waals surface area (Å²) in [5.41, 5.74) is 4.97. The lowest BCUT2D eigenvalue weighted by atomic mass is 9.99. The highest BCUT2D eigenvalue weighted by molar-refractivity contribution is 7.19. The molecule has 28 heavy (non-hydrogen) atoms. The Morgan fingerprint density at radius 2 is 1.43 bits per heavy atom. The van der Waals surface area contributed by atoms with Crippen molar-refractivity contribution in [3.63, 3.8) is 0 Å². The predicted molar refractivity (Wildman–Crippen MR) is 118 cm³/mol. The summed E-state index contributed by atoms with van der Waals surface area (Å²) in [6.07, 6.45) is 8.41. The summed E-state index contributed by atoms with van der Waals surface area (Å²) < 4.78 is 0. The van der Waals surface area contributed by atoms with Crippen LogP contribution in [0.1, 0.15) is 11.1 Å². The largest absolute Gasteiger partial charge is 0.264 e. The van der Waals surface area contributed by atoms with E-state index in [4.69, 9.17) is 0 Å². The SMILES string of the molecule is c1cncc(-c2cc(Cc3ccc4ccccc4c3)c(-c3cccnc3)s2)c1. The van der Waals surface area contributed by atoms with Gasteiger partial charge in [0, 0.05) is 45.7 Å². The van der Waals surface area contributed by atoms with Crippen molar-refractivity contribution in [3.05, 3.63) is 109 Å². The van der Waals surface area contributed by atoms with Crippen molar-refractivity contribution in [3.8, 4) is 20.9 Å². The number of benzene rings is 2. The van der Waals surface area contributed by atoms with Crippen molar-refractivity contribution >= 4 is 22.1 Å². The van der Waals surface area contributed by atoms with Crippen LogP contribution in [0.5, 0.6) is 0 Å². The van der Waals surface area contributed by atoms with Crippen molar-refractivity contribution in [2.75, 3.05) is 0 Å². The Hall–Kier alpha value is -3.30. The van der Waals surface area contributed by atoms with Gasteiger partial charge in [0.1, 0.15) is 0 Å². The Bertz CT molecular complexity index is 1230. The fourth-order valence-corrected chi connectivity index (χ4v) is 4.68. The molecule has 0 aliphatic carbocycles. The van der Waals surface area contributed by atoms with Gasteiger partial charge in [-0.3, -0.25) is 9.97 Å². The van der Waals surface area contributed by atoms with E-state index in [1.807, 2.05) is 48.3 Å². The second kappa shape index (κ2) is 7.37. The Labute approximate surface area is 168 Å². The van der Waals surface area contributed by atoms with Crippen LogP contribution in [-0.2, 0) is 6.42 Å². The Morgan fingerprint density at radius 3 is 2.18 bits per heavy atom. The first-order valence-corrected chi connectivity index (χ1v) is 10.1. The monoisotopic (exact) mass is 378 g/mol. The van der Waals surface area contributed by atoms with E-state index in [1.54, 1.807) is 0 Å². The van der Waals surface area contributed by atoms with E-state index in [0.717, 1.165) is 12.0 Å². The molecule has 0 bridgehead atoms. The first kappa shape index (κ1) is 16.8. The molecule has 0 saturated carbocycles. The van der Waals surface area contributed by atoms with Gasteiger partial charge in [-0.2, -0.15) is 0 Å². The van der Waals surface area contributed by atoms with Gasteiger partial charge < -0.3 is 0 Å². The molecule has 2 nitrogen and oxygen atoms in total. The molecule has 0 unspecified atom stereocenters. The van der Waals surface area contributed by atoms with Crippen molar-refractivity contribution < 1.29 is 0 Å². The van der Waals surface area contributed by atoms with E-state index in [1.165, 1.54) is 37.2 Å². The van der Waals surface area contributed by atoms with Gasteiger partial charge in [0.2, 0.25) is 0 Å². The second-order valence-corrected chi connectivity index (χ2v) is 7.86. The summed E-state index contributed by atoms with van der Waals surface area (Å²) in [7, 11) is 0. The van der Waals surface area contributed by atoms with E-state index in [9.17, 15) is 0 Å². The minimum atomic E-state index is 0.895. The second-order valence-electron chi connectivity index (χ2n) is 6.81. The number of thiophene rings is 1. The summed E-state index contributed by atoms with van der Waals surface area (Å²) in [6, 6.07) is 25.8. The summed E-state index contributed by atoms with van der Waals surface area (Å²) in [4.78, 5) is 11.1. The molecule has 3 heteroatoms. The zero-order valence-corrected chi connectivity index (χ0v) is 16.1. The molecule has 2 aromatic carbocycles. The van der Waals surface area contributed by atoms with Gasteiger partial charge in [0.25, 0.3) is 0 Å². The minimum Gasteiger partial charge on any atom is -0.264 e. The van der Waals surface area contributed by atoms with Crippen LogP contribution in [0.3, 0.4) is 0 Å². The maximum Gasteiger partial charge on any atom is 0.0400 e. The molecule has 0 aliphatic rings. The van der Waals surface area contributed by atoms with Crippen LogP contribution in [0.15, 0.2) is 97.6 Å². The first-order valence-electron chi connectivity index (χ1n) is 9.28. The van der Waals surface area contributed by atoms with Crippen LogP contribution in [0.4, 0.5) is 0 Å². The zero-order valence-electron chi connectivity index (χ0n) is 15.2. The molecule has 0 N–H and O–H groups in total. The van der Waals surface area contributed by atoms with E-state index >= 15 is 0 Å². The molecule has 3 aromatic heterocycles. The molecule has 0 spiro atoms. The molecule has 3 heterocycles. The van der Waals surface area contributed by atoms with Crippen LogP contribution in [0, 0.1) is 0 Å². The molecule has 0 atom stereocenters. The molecule has 0 radical (unpaired) electrons. The third kappa shape index (κ3) is 3.32. The van der Waals surface area contributed by atoms with Gasteiger partial charge in [-0.05, 0) is 46.5 Å². The molecule has 5 aromatic rings. The Balaban J connectivity index is 1.59. The van der Waals surface area contributed by atoms with Gasteiger partial charge in [-0.15, -0.1) is 11.3 Å². The molecule has 0 fully saturated rings. The summed E-state index contributed by atoms with van der Waals surface area (Å²) >= 11 is 1.81. The standard InChI is InChI=1S/C25H18N2S/c1-2-6-20-13-18(9-10-19(20)5-1)14-23-15-24(21-7-3-11-26-16-21)28-25(23)22-8-4-12-27-17-22/h1-13,15-17H,14H2. The highest BCUT2D eigenvalue weighted by atomic mass is 32.1. The minimum absolute atomic E-state index is 0.895. The smallest absolute Gasteiger partial charge is 0.0400 e. The van der Waals surface area contributed by atoms with E-state index in [0.29, 0.717) is 0 Å². The van der Waals surface area contributed by atoms with Crippen LogP contribution in [0.25, 0.3) is 31.7 Å². The van der Waals surface area contributed by atoms with Crippen molar-refractivity contribution in [2.45, 2.75) is 6.42 Å². The average Bonchev–Trinajstić information content (AvgIpc) is 3.19. The quantitative estimate of drug-likeness (QED) is 0.351. The fourth-order valence-electron chi connectivity index (χ4n) is 3.52. The Morgan fingerprint density at radius 1 is 0.679 bits per heavy atom. The van der Waals surface area contributed by atoms with Gasteiger partial charge in [0.05, 0.1) is 0 Å². The van der Waals surface area contributed by atoms with E-state index in [-0.39, 0.29) is 0 Å². The maximum atomic E-state index is 4.33. The highest BCUT2D eigenvalue weighted by Gasteiger charge is 2.13. The molecule has 0 amide bonds. The van der Waals surface area contributed by atoms with Gasteiger partial charge in [-0.1, -0.05) is 54.6 Å². The first-order chi connectivity index (χ1) is 13.9. The number of aromatic nitrogens is 2. The highest BCUT2D eigenvalue weighted by Crippen LogP contribution is 2.39. The lowest BCUT2D eigenvalue weighted by molar-refractivity contribution is 1.22. The zero-order chi connectivity index (χ0) is 18.8. The molecule has 0 saturated heterocycles. The van der Waals surface area contributed by atoms with E-state index in [2.05, 4.69) is 70.6 Å². The number of fused-ring (bicyclic) bond motifs is 1. The predicted octanol–water partition coefficient (Wildman–Crippen LogP) is 6.62. The van der Waals surface area contributed by atoms with Crippen molar-refractivity contribution in [2.24, 2.45) is 0 Å². The molecule has 5 rings (SSSR count). The van der Waals surface area contributed by atoms with Gasteiger partial charge in [0.15, 0.2) is 0 Å².